The van der Waals surface area contributed by atoms with Crippen LogP contribution in [0.1, 0.15) is 35.4 Å². The number of benzene rings is 2. The maximum absolute atomic E-state index is 3.82. The molecule has 0 fully saturated rings. The van der Waals surface area contributed by atoms with Gasteiger partial charge in [-0.2, -0.15) is 0 Å². The van der Waals surface area contributed by atoms with Gasteiger partial charge in [0.1, 0.15) is 0 Å². The molecule has 19 heavy (non-hydrogen) atoms. The van der Waals surface area contributed by atoms with Gasteiger partial charge in [0.2, 0.25) is 0 Å². The molecule has 0 saturated heterocycles. The van der Waals surface area contributed by atoms with Crippen molar-refractivity contribution in [1.29, 1.82) is 0 Å². The summed E-state index contributed by atoms with van der Waals surface area (Å²) in [6.07, 6.45) is 1.15. The number of alkyl halides is 1. The Labute approximate surface area is 137 Å². The zero-order chi connectivity index (χ0) is 13.8. The maximum Gasteiger partial charge on any atom is 0.0654 e. The Kier molecular flexibility index (Phi) is 5.46. The Morgan fingerprint density at radius 3 is 2.21 bits per heavy atom. The first-order valence-corrected chi connectivity index (χ1v) is 8.54. The summed E-state index contributed by atoms with van der Waals surface area (Å²) in [6, 6.07) is 17.5. The van der Waals surface area contributed by atoms with Gasteiger partial charge in [-0.15, -0.1) is 0 Å². The van der Waals surface area contributed by atoms with Crippen LogP contribution in [0.2, 0.25) is 0 Å². The summed E-state index contributed by atoms with van der Waals surface area (Å²) in [5.41, 5.74) is 4.07. The van der Waals surface area contributed by atoms with Crippen LogP contribution in [0.4, 0.5) is 0 Å². The van der Waals surface area contributed by atoms with Gasteiger partial charge >= 0.3 is 0 Å². The number of hydrogen-bond donors (Lipinski definition) is 0. The van der Waals surface area contributed by atoms with Crippen molar-refractivity contribution in [1.82, 2.24) is 0 Å². The van der Waals surface area contributed by atoms with Gasteiger partial charge in [0, 0.05) is 3.57 Å². The van der Waals surface area contributed by atoms with Gasteiger partial charge in [-0.3, -0.25) is 0 Å². The van der Waals surface area contributed by atoms with Crippen LogP contribution in [0, 0.1) is 9.49 Å². The monoisotopic (exact) mass is 428 g/mol. The number of halogens is 2. The normalized spacial score (nSPS) is 12.7. The van der Waals surface area contributed by atoms with Gasteiger partial charge in [0.05, 0.1) is 4.83 Å². The van der Waals surface area contributed by atoms with Crippen LogP contribution in [-0.2, 0) is 6.42 Å². The predicted molar refractivity (Wildman–Crippen MR) is 94.9 cm³/mol. The van der Waals surface area contributed by atoms with Gasteiger partial charge in [0.25, 0.3) is 0 Å². The zero-order valence-corrected chi connectivity index (χ0v) is 15.0. The molecular formula is C17H18BrI. The number of hydrogen-bond acceptors (Lipinski definition) is 0. The topological polar surface area (TPSA) is 0 Å². The van der Waals surface area contributed by atoms with Gasteiger partial charge in [-0.1, -0.05) is 72.2 Å². The fraction of sp³-hybridized carbons (Fsp3) is 0.294. The summed E-state index contributed by atoms with van der Waals surface area (Å²) in [7, 11) is 0. The smallest absolute Gasteiger partial charge is 0.0654 e. The predicted octanol–water partition coefficient (Wildman–Crippen LogP) is 5.97. The minimum absolute atomic E-state index is 0.272. The molecule has 0 N–H and O–H groups in total. The SMILES string of the molecule is CC(C)Cc1ccc(C(Br)c2ccccc2I)cc1. The molecule has 100 valence electrons. The standard InChI is InChI=1S/C17H18BrI/c1-12(2)11-13-7-9-14(10-8-13)17(18)15-5-3-4-6-16(15)19/h3-10,12,17H,11H2,1-2H3. The van der Waals surface area contributed by atoms with Crippen LogP contribution < -0.4 is 0 Å². The van der Waals surface area contributed by atoms with E-state index in [1.54, 1.807) is 0 Å². The summed E-state index contributed by atoms with van der Waals surface area (Å²) >= 11 is 6.21. The highest BCUT2D eigenvalue weighted by atomic mass is 127. The molecule has 0 spiro atoms. The molecule has 0 aromatic heterocycles. The molecule has 0 aliphatic rings. The molecule has 0 aliphatic carbocycles. The summed E-state index contributed by atoms with van der Waals surface area (Å²) in [6.45, 7) is 4.51. The van der Waals surface area contributed by atoms with Crippen LogP contribution in [0.25, 0.3) is 0 Å². The molecule has 2 rings (SSSR count). The molecule has 1 unspecified atom stereocenters. The first kappa shape index (κ1) is 15.0. The lowest BCUT2D eigenvalue weighted by Crippen LogP contribution is -1.97. The van der Waals surface area contributed by atoms with Gasteiger partial charge < -0.3 is 0 Å². The lowest BCUT2D eigenvalue weighted by molar-refractivity contribution is 0.647. The minimum Gasteiger partial charge on any atom is -0.0786 e. The van der Waals surface area contributed by atoms with E-state index in [0.29, 0.717) is 5.92 Å². The van der Waals surface area contributed by atoms with Crippen molar-refractivity contribution in [2.75, 3.05) is 0 Å². The molecule has 0 radical (unpaired) electrons. The lowest BCUT2D eigenvalue weighted by atomic mass is 9.99. The molecule has 2 aromatic carbocycles. The third-order valence-electron chi connectivity index (χ3n) is 3.09. The fourth-order valence-corrected chi connectivity index (χ4v) is 3.99. The van der Waals surface area contributed by atoms with E-state index in [1.807, 2.05) is 0 Å². The second kappa shape index (κ2) is 6.89. The van der Waals surface area contributed by atoms with E-state index >= 15 is 0 Å². The van der Waals surface area contributed by atoms with E-state index < -0.39 is 0 Å². The van der Waals surface area contributed by atoms with E-state index in [1.165, 1.54) is 20.3 Å². The largest absolute Gasteiger partial charge is 0.0786 e. The Morgan fingerprint density at radius 2 is 1.63 bits per heavy atom. The van der Waals surface area contributed by atoms with Gasteiger partial charge in [-0.05, 0) is 57.7 Å². The summed E-state index contributed by atoms with van der Waals surface area (Å²) in [5.74, 6) is 0.709. The van der Waals surface area contributed by atoms with Crippen molar-refractivity contribution in [3.8, 4) is 0 Å². The highest BCUT2D eigenvalue weighted by molar-refractivity contribution is 14.1. The summed E-state index contributed by atoms with van der Waals surface area (Å²) in [5, 5.41) is 0. The molecule has 1 atom stereocenters. The zero-order valence-electron chi connectivity index (χ0n) is 11.2. The van der Waals surface area contributed by atoms with Crippen molar-refractivity contribution in [2.24, 2.45) is 5.92 Å². The fourth-order valence-electron chi connectivity index (χ4n) is 2.15. The van der Waals surface area contributed by atoms with E-state index in [-0.39, 0.29) is 4.83 Å². The van der Waals surface area contributed by atoms with Crippen LogP contribution in [0.15, 0.2) is 48.5 Å². The van der Waals surface area contributed by atoms with Crippen molar-refractivity contribution >= 4 is 38.5 Å². The Bertz CT molecular complexity index is 531. The maximum atomic E-state index is 3.82. The van der Waals surface area contributed by atoms with Crippen LogP contribution in [0.5, 0.6) is 0 Å². The highest BCUT2D eigenvalue weighted by Crippen LogP contribution is 2.33. The van der Waals surface area contributed by atoms with Crippen LogP contribution in [0.3, 0.4) is 0 Å². The van der Waals surface area contributed by atoms with E-state index in [9.17, 15) is 0 Å². The van der Waals surface area contributed by atoms with Crippen LogP contribution in [-0.4, -0.2) is 0 Å². The van der Waals surface area contributed by atoms with Crippen LogP contribution >= 0.6 is 38.5 Å². The van der Waals surface area contributed by atoms with Gasteiger partial charge in [-0.25, -0.2) is 0 Å². The van der Waals surface area contributed by atoms with Crippen molar-refractivity contribution in [2.45, 2.75) is 25.1 Å². The molecule has 0 heterocycles. The molecule has 0 amide bonds. The quantitative estimate of drug-likeness (QED) is 0.415. The summed E-state index contributed by atoms with van der Waals surface area (Å²) in [4.78, 5) is 0.272. The average Bonchev–Trinajstić information content (AvgIpc) is 2.39. The third kappa shape index (κ3) is 4.06. The molecule has 0 aliphatic heterocycles. The Morgan fingerprint density at radius 1 is 1.00 bits per heavy atom. The molecular weight excluding hydrogens is 411 g/mol. The minimum atomic E-state index is 0.272. The Hall–Kier alpha value is -0.350. The Balaban J connectivity index is 2.20. The second-order valence-corrected chi connectivity index (χ2v) is 7.30. The van der Waals surface area contributed by atoms with E-state index in [4.69, 9.17) is 0 Å². The van der Waals surface area contributed by atoms with Crippen molar-refractivity contribution < 1.29 is 0 Å². The molecule has 0 nitrogen and oxygen atoms in total. The third-order valence-corrected chi connectivity index (χ3v) is 5.10. The lowest BCUT2D eigenvalue weighted by Gasteiger charge is -2.13. The average molecular weight is 429 g/mol. The molecule has 0 bridgehead atoms. The first-order valence-electron chi connectivity index (χ1n) is 6.55. The molecule has 0 saturated carbocycles. The highest BCUT2D eigenvalue weighted by Gasteiger charge is 2.12. The van der Waals surface area contributed by atoms with Crippen molar-refractivity contribution in [3.63, 3.8) is 0 Å². The van der Waals surface area contributed by atoms with E-state index in [2.05, 4.69) is 101 Å². The van der Waals surface area contributed by atoms with E-state index in [0.717, 1.165) is 6.42 Å². The van der Waals surface area contributed by atoms with Crippen molar-refractivity contribution in [3.05, 3.63) is 68.8 Å². The molecule has 2 heteroatoms. The second-order valence-electron chi connectivity index (χ2n) is 5.22. The van der Waals surface area contributed by atoms with Gasteiger partial charge in [0.15, 0.2) is 0 Å². The number of rotatable bonds is 4. The molecule has 2 aromatic rings. The first-order chi connectivity index (χ1) is 9.08. The summed E-state index contributed by atoms with van der Waals surface area (Å²) < 4.78 is 1.30.